The zero-order valence-corrected chi connectivity index (χ0v) is 25.3. The molecule has 0 aromatic heterocycles. The third kappa shape index (κ3) is 7.82. The fourth-order valence-electron chi connectivity index (χ4n) is 3.82. The van der Waals surface area contributed by atoms with Crippen LogP contribution in [0.4, 0.5) is 0 Å². The van der Waals surface area contributed by atoms with Crippen LogP contribution in [0, 0.1) is 13.8 Å². The van der Waals surface area contributed by atoms with Crippen LogP contribution < -0.4 is 0 Å². The minimum atomic E-state index is -1.19. The predicted molar refractivity (Wildman–Crippen MR) is 152 cm³/mol. The first-order valence-corrected chi connectivity index (χ1v) is 15.4. The number of hydrogen-bond acceptors (Lipinski definition) is 5. The summed E-state index contributed by atoms with van der Waals surface area (Å²) in [5.41, 5.74) is 2.42. The van der Waals surface area contributed by atoms with E-state index in [2.05, 4.69) is 74.3 Å². The molecule has 2 aliphatic heterocycles. The molecule has 2 heterocycles. The first kappa shape index (κ1) is 28.7. The summed E-state index contributed by atoms with van der Waals surface area (Å²) in [7, 11) is -1.19. The van der Waals surface area contributed by atoms with Gasteiger partial charge < -0.3 is 0 Å². The number of alkyl halides is 2. The summed E-state index contributed by atoms with van der Waals surface area (Å²) in [6.07, 6.45) is 1.09. The van der Waals surface area contributed by atoms with E-state index >= 15 is 0 Å². The minimum absolute atomic E-state index is 0.0170. The Balaban J connectivity index is 0.000000196. The Morgan fingerprint density at radius 3 is 2.09 bits per heavy atom. The van der Waals surface area contributed by atoms with Crippen molar-refractivity contribution in [3.05, 3.63) is 59.7 Å². The smallest absolute Gasteiger partial charge is 0.149 e. The van der Waals surface area contributed by atoms with Crippen LogP contribution >= 0.6 is 43.8 Å². The average Bonchev–Trinajstić information content (AvgIpc) is 2.83. The molecule has 5 nitrogen and oxygen atoms in total. The van der Waals surface area contributed by atoms with Crippen LogP contribution in [-0.4, -0.2) is 59.2 Å². The highest BCUT2D eigenvalue weighted by Gasteiger charge is 2.35. The molecule has 2 fully saturated rings. The fourth-order valence-corrected chi connectivity index (χ4v) is 7.51. The Labute approximate surface area is 232 Å². The van der Waals surface area contributed by atoms with Crippen LogP contribution in [0.15, 0.2) is 58.3 Å². The van der Waals surface area contributed by atoms with Crippen LogP contribution in [0.25, 0.3) is 0 Å². The van der Waals surface area contributed by atoms with Crippen molar-refractivity contribution in [2.45, 2.75) is 72.1 Å². The van der Waals surface area contributed by atoms with Crippen LogP contribution in [0.1, 0.15) is 37.8 Å². The second-order valence-corrected chi connectivity index (χ2v) is 13.7. The van der Waals surface area contributed by atoms with Gasteiger partial charge >= 0.3 is 0 Å². The molecule has 0 spiro atoms. The van der Waals surface area contributed by atoms with E-state index in [0.29, 0.717) is 31.2 Å². The molecule has 2 aromatic rings. The van der Waals surface area contributed by atoms with E-state index in [1.807, 2.05) is 42.4 Å². The van der Waals surface area contributed by atoms with E-state index in [1.165, 1.54) is 10.5 Å². The van der Waals surface area contributed by atoms with Crippen LogP contribution in [0.3, 0.4) is 0 Å². The molecule has 190 valence electrons. The largest absolute Gasteiger partial charge is 0.298 e. The summed E-state index contributed by atoms with van der Waals surface area (Å²) in [4.78, 5) is 24.9. The van der Waals surface area contributed by atoms with Crippen molar-refractivity contribution in [1.29, 1.82) is 0 Å². The first-order valence-electron chi connectivity index (χ1n) is 11.7. The molecule has 0 saturated carbocycles. The Morgan fingerprint density at radius 1 is 0.914 bits per heavy atom. The lowest BCUT2D eigenvalue weighted by atomic mass is 10.1. The topological polar surface area (TPSA) is 57.7 Å². The molecule has 5 unspecified atom stereocenters. The molecule has 9 heteroatoms. The number of carbonyl (C=O) groups excluding carboxylic acids is 2. The van der Waals surface area contributed by atoms with Gasteiger partial charge in [0.05, 0.1) is 14.5 Å². The Hall–Kier alpha value is -0.840. The van der Waals surface area contributed by atoms with E-state index in [9.17, 15) is 13.8 Å². The lowest BCUT2D eigenvalue weighted by Gasteiger charge is -2.34. The Morgan fingerprint density at radius 2 is 1.49 bits per heavy atom. The first-order chi connectivity index (χ1) is 16.6. The second-order valence-electron chi connectivity index (χ2n) is 9.05. The van der Waals surface area contributed by atoms with Gasteiger partial charge in [-0.1, -0.05) is 67.3 Å². The third-order valence-corrected chi connectivity index (χ3v) is 11.0. The normalized spacial score (nSPS) is 26.7. The highest BCUT2D eigenvalue weighted by molar-refractivity contribution is 9.10. The molecule has 2 aliphatic rings. The van der Waals surface area contributed by atoms with Gasteiger partial charge in [-0.2, -0.15) is 0 Å². The van der Waals surface area contributed by atoms with E-state index < -0.39 is 11.0 Å². The standard InChI is InChI=1S/C13H16BrNO2S.C13H16BrNOS/c1-9-3-5-11(6-4-9)18(17)15-8-7-12(16)13(14)10(15)2;1-9-3-5-11(6-4-9)17-15-8-12(14)13(16)7-10(15)2/h3-6,10,13H,7-8H2,1-2H3;3-6,10,12H,7-8H2,1-2H3. The average molecular weight is 644 g/mol. The van der Waals surface area contributed by atoms with Gasteiger partial charge in [0.2, 0.25) is 0 Å². The number of nitrogens with zero attached hydrogens (tertiary/aromatic N) is 2. The quantitative estimate of drug-likeness (QED) is 0.308. The van der Waals surface area contributed by atoms with Crippen molar-refractivity contribution in [1.82, 2.24) is 8.61 Å². The maximum atomic E-state index is 12.5. The molecular formula is C26H32Br2N2O3S2. The summed E-state index contributed by atoms with van der Waals surface area (Å²) in [5.74, 6) is 0.512. The lowest BCUT2D eigenvalue weighted by Crippen LogP contribution is -2.49. The minimum Gasteiger partial charge on any atom is -0.298 e. The van der Waals surface area contributed by atoms with Crippen LogP contribution in [0.2, 0.25) is 0 Å². The molecule has 2 aromatic carbocycles. The van der Waals surface area contributed by atoms with Crippen molar-refractivity contribution in [3.63, 3.8) is 0 Å². The van der Waals surface area contributed by atoms with Crippen molar-refractivity contribution in [3.8, 4) is 0 Å². The SMILES string of the molecule is Cc1ccc(S(=O)N2CCC(=O)C(Br)C2C)cc1.Cc1ccc(SN2CC(Br)C(=O)CC2C)cc1. The van der Waals surface area contributed by atoms with Gasteiger partial charge in [0.25, 0.3) is 0 Å². The van der Waals surface area contributed by atoms with Gasteiger partial charge in [0.15, 0.2) is 0 Å². The Bertz CT molecular complexity index is 1050. The summed E-state index contributed by atoms with van der Waals surface area (Å²) >= 11 is 8.57. The van der Waals surface area contributed by atoms with Gasteiger partial charge in [-0.05, 0) is 63.9 Å². The van der Waals surface area contributed by atoms with Gasteiger partial charge in [-0.3, -0.25) is 9.59 Å². The lowest BCUT2D eigenvalue weighted by molar-refractivity contribution is -0.121. The van der Waals surface area contributed by atoms with Gasteiger partial charge in [-0.25, -0.2) is 12.8 Å². The predicted octanol–water partition coefficient (Wildman–Crippen LogP) is 5.87. The molecule has 0 N–H and O–H groups in total. The van der Waals surface area contributed by atoms with Gasteiger partial charge in [-0.15, -0.1) is 0 Å². The zero-order valence-electron chi connectivity index (χ0n) is 20.4. The number of hydrogen-bond donors (Lipinski definition) is 0. The van der Waals surface area contributed by atoms with Gasteiger partial charge in [0.1, 0.15) is 22.6 Å². The van der Waals surface area contributed by atoms with Crippen molar-refractivity contribution in [2.24, 2.45) is 0 Å². The molecule has 0 radical (unpaired) electrons. The monoisotopic (exact) mass is 642 g/mol. The van der Waals surface area contributed by atoms with E-state index in [4.69, 9.17) is 0 Å². The number of benzene rings is 2. The van der Waals surface area contributed by atoms with Crippen molar-refractivity contribution in [2.75, 3.05) is 13.1 Å². The number of rotatable bonds is 4. The van der Waals surface area contributed by atoms with Crippen LogP contribution in [0.5, 0.6) is 0 Å². The number of aryl methyl sites for hydroxylation is 2. The number of ketones is 2. The second kappa shape index (κ2) is 13.1. The molecule has 35 heavy (non-hydrogen) atoms. The molecule has 0 amide bonds. The molecule has 5 atom stereocenters. The highest BCUT2D eigenvalue weighted by atomic mass is 79.9. The van der Waals surface area contributed by atoms with E-state index in [1.54, 1.807) is 11.9 Å². The Kier molecular flexibility index (Phi) is 10.8. The maximum absolute atomic E-state index is 12.5. The molecule has 2 saturated heterocycles. The zero-order chi connectivity index (χ0) is 25.7. The number of halogens is 2. The molecular weight excluding hydrogens is 612 g/mol. The van der Waals surface area contributed by atoms with Crippen LogP contribution in [-0.2, 0) is 20.6 Å². The number of piperidine rings is 2. The fraction of sp³-hybridized carbons (Fsp3) is 0.462. The number of carbonyl (C=O) groups is 2. The summed E-state index contributed by atoms with van der Waals surface area (Å²) in [5, 5.41) is 0. The number of Topliss-reactive ketones (excluding diaryl/α,β-unsaturated/α-hetero) is 2. The summed E-state index contributed by atoms with van der Waals surface area (Å²) in [6, 6.07) is 16.4. The maximum Gasteiger partial charge on any atom is 0.149 e. The third-order valence-electron chi connectivity index (χ3n) is 6.12. The molecule has 0 aliphatic carbocycles. The summed E-state index contributed by atoms with van der Waals surface area (Å²) < 4.78 is 16.6. The van der Waals surface area contributed by atoms with E-state index in [0.717, 1.165) is 17.0 Å². The van der Waals surface area contributed by atoms with Gasteiger partial charge in [0, 0.05) is 42.9 Å². The van der Waals surface area contributed by atoms with Crippen molar-refractivity contribution < 1.29 is 13.8 Å². The van der Waals surface area contributed by atoms with E-state index in [-0.39, 0.29) is 21.5 Å². The van der Waals surface area contributed by atoms with Crippen molar-refractivity contribution >= 4 is 66.4 Å². The summed E-state index contributed by atoms with van der Waals surface area (Å²) in [6.45, 7) is 9.47. The molecule has 4 rings (SSSR count). The highest BCUT2D eigenvalue weighted by Crippen LogP contribution is 2.31. The molecule has 0 bridgehead atoms.